The Labute approximate surface area is 148 Å². The van der Waals surface area contributed by atoms with Crippen LogP contribution >= 0.6 is 11.8 Å². The Kier molecular flexibility index (Phi) is 5.05. The van der Waals surface area contributed by atoms with Gasteiger partial charge in [0, 0.05) is 18.4 Å². The van der Waals surface area contributed by atoms with Gasteiger partial charge < -0.3 is 0 Å². The second-order valence-corrected chi connectivity index (χ2v) is 7.14. The fraction of sp³-hybridized carbons (Fsp3) is 0.300. The summed E-state index contributed by atoms with van der Waals surface area (Å²) in [6, 6.07) is 14.8. The van der Waals surface area contributed by atoms with E-state index in [2.05, 4.69) is 45.0 Å². The van der Waals surface area contributed by atoms with Crippen molar-refractivity contribution in [2.24, 2.45) is 10.1 Å². The van der Waals surface area contributed by atoms with E-state index in [1.807, 2.05) is 30.3 Å². The molecule has 0 unspecified atom stereocenters. The maximum Gasteiger partial charge on any atom is 0.180 e. The summed E-state index contributed by atoms with van der Waals surface area (Å²) >= 11 is 1.76. The average Bonchev–Trinajstić information content (AvgIpc) is 2.58. The SMILES string of the molecule is Cc1cc(C)c(C2=NN(C)C(=NCc3ccccc3)SC2)cc1C. The zero-order chi connectivity index (χ0) is 17.1. The van der Waals surface area contributed by atoms with Crippen LogP contribution in [0.4, 0.5) is 0 Å². The third kappa shape index (κ3) is 3.70. The molecule has 3 nitrogen and oxygen atoms in total. The van der Waals surface area contributed by atoms with E-state index in [9.17, 15) is 0 Å². The van der Waals surface area contributed by atoms with E-state index in [0.717, 1.165) is 16.6 Å². The average molecular weight is 337 g/mol. The largest absolute Gasteiger partial charge is 0.256 e. The van der Waals surface area contributed by atoms with Gasteiger partial charge in [0.25, 0.3) is 0 Å². The third-order valence-corrected chi connectivity index (χ3v) is 5.35. The van der Waals surface area contributed by atoms with Crippen LogP contribution < -0.4 is 0 Å². The summed E-state index contributed by atoms with van der Waals surface area (Å²) in [5.74, 6) is 0.862. The van der Waals surface area contributed by atoms with Gasteiger partial charge in [-0.1, -0.05) is 48.2 Å². The number of benzene rings is 2. The van der Waals surface area contributed by atoms with Crippen molar-refractivity contribution in [1.29, 1.82) is 0 Å². The number of aryl methyl sites for hydroxylation is 3. The van der Waals surface area contributed by atoms with Crippen molar-refractivity contribution >= 4 is 22.6 Å². The molecule has 0 saturated carbocycles. The van der Waals surface area contributed by atoms with E-state index >= 15 is 0 Å². The molecule has 0 bridgehead atoms. The molecule has 124 valence electrons. The first-order valence-electron chi connectivity index (χ1n) is 8.15. The Morgan fingerprint density at radius 1 is 1.04 bits per heavy atom. The molecule has 4 heteroatoms. The van der Waals surface area contributed by atoms with Crippen LogP contribution in [-0.4, -0.2) is 28.7 Å². The summed E-state index contributed by atoms with van der Waals surface area (Å²) < 4.78 is 0. The lowest BCUT2D eigenvalue weighted by Crippen LogP contribution is -2.28. The Morgan fingerprint density at radius 3 is 2.46 bits per heavy atom. The summed E-state index contributed by atoms with van der Waals surface area (Å²) in [5.41, 5.74) is 7.53. The molecular formula is C20H23N3S. The van der Waals surface area contributed by atoms with Gasteiger partial charge in [-0.15, -0.1) is 0 Å². The van der Waals surface area contributed by atoms with E-state index in [0.29, 0.717) is 6.54 Å². The van der Waals surface area contributed by atoms with Gasteiger partial charge in [0.1, 0.15) is 0 Å². The van der Waals surface area contributed by atoms with Crippen LogP contribution in [0.2, 0.25) is 0 Å². The highest BCUT2D eigenvalue weighted by Gasteiger charge is 2.19. The molecule has 1 aliphatic heterocycles. The summed E-state index contributed by atoms with van der Waals surface area (Å²) in [6.07, 6.45) is 0. The van der Waals surface area contributed by atoms with Gasteiger partial charge >= 0.3 is 0 Å². The first-order valence-corrected chi connectivity index (χ1v) is 9.14. The molecule has 0 atom stereocenters. The number of hydrogen-bond acceptors (Lipinski definition) is 3. The van der Waals surface area contributed by atoms with Crippen LogP contribution in [0.25, 0.3) is 0 Å². The lowest BCUT2D eigenvalue weighted by molar-refractivity contribution is 0.550. The molecule has 0 aliphatic carbocycles. The molecule has 0 amide bonds. The number of thioether (sulfide) groups is 1. The fourth-order valence-electron chi connectivity index (χ4n) is 2.77. The van der Waals surface area contributed by atoms with Crippen LogP contribution in [0.1, 0.15) is 27.8 Å². The monoisotopic (exact) mass is 337 g/mol. The van der Waals surface area contributed by atoms with Crippen molar-refractivity contribution in [3.8, 4) is 0 Å². The van der Waals surface area contributed by atoms with Gasteiger partial charge in [-0.25, -0.2) is 5.01 Å². The predicted molar refractivity (Wildman–Crippen MR) is 105 cm³/mol. The summed E-state index contributed by atoms with van der Waals surface area (Å²) in [5, 5.41) is 7.66. The first-order chi connectivity index (χ1) is 11.5. The predicted octanol–water partition coefficient (Wildman–Crippen LogP) is 4.55. The van der Waals surface area contributed by atoms with Crippen LogP contribution in [0.5, 0.6) is 0 Å². The number of hydrogen-bond donors (Lipinski definition) is 0. The lowest BCUT2D eigenvalue weighted by Gasteiger charge is -2.24. The molecule has 0 aromatic heterocycles. The van der Waals surface area contributed by atoms with Gasteiger partial charge in [0.15, 0.2) is 5.17 Å². The van der Waals surface area contributed by atoms with Crippen molar-refractivity contribution in [2.45, 2.75) is 27.3 Å². The van der Waals surface area contributed by atoms with Crippen molar-refractivity contribution in [1.82, 2.24) is 5.01 Å². The van der Waals surface area contributed by atoms with E-state index in [4.69, 9.17) is 10.1 Å². The van der Waals surface area contributed by atoms with E-state index in [1.165, 1.54) is 27.8 Å². The van der Waals surface area contributed by atoms with Crippen LogP contribution in [0.3, 0.4) is 0 Å². The van der Waals surface area contributed by atoms with Gasteiger partial charge in [0.05, 0.1) is 12.3 Å². The topological polar surface area (TPSA) is 28.0 Å². The highest BCUT2D eigenvalue weighted by Crippen LogP contribution is 2.23. The first kappa shape index (κ1) is 16.8. The molecule has 0 N–H and O–H groups in total. The molecular weight excluding hydrogens is 314 g/mol. The zero-order valence-corrected chi connectivity index (χ0v) is 15.5. The van der Waals surface area contributed by atoms with E-state index in [-0.39, 0.29) is 0 Å². The minimum absolute atomic E-state index is 0.695. The molecule has 0 fully saturated rings. The van der Waals surface area contributed by atoms with Gasteiger partial charge in [-0.3, -0.25) is 4.99 Å². The van der Waals surface area contributed by atoms with Gasteiger partial charge in [-0.2, -0.15) is 5.10 Å². The van der Waals surface area contributed by atoms with Crippen molar-refractivity contribution in [3.05, 3.63) is 70.3 Å². The molecule has 3 rings (SSSR count). The molecule has 0 saturated heterocycles. The van der Waals surface area contributed by atoms with Crippen molar-refractivity contribution in [3.63, 3.8) is 0 Å². The van der Waals surface area contributed by atoms with Gasteiger partial charge in [0.2, 0.25) is 0 Å². The number of nitrogens with zero attached hydrogens (tertiary/aromatic N) is 3. The second kappa shape index (κ2) is 7.22. The smallest absolute Gasteiger partial charge is 0.180 e. The third-order valence-electron chi connectivity index (χ3n) is 4.28. The zero-order valence-electron chi connectivity index (χ0n) is 14.7. The fourth-order valence-corrected chi connectivity index (χ4v) is 3.63. The summed E-state index contributed by atoms with van der Waals surface area (Å²) in [4.78, 5) is 4.72. The Bertz CT molecular complexity index is 794. The van der Waals surface area contributed by atoms with Crippen LogP contribution in [-0.2, 0) is 6.54 Å². The standard InChI is InChI=1S/C20H23N3S/c1-14-10-16(3)18(11-15(14)2)19-13-24-20(23(4)22-19)21-12-17-8-6-5-7-9-17/h5-11H,12-13H2,1-4H3. The number of hydrazone groups is 1. The van der Waals surface area contributed by atoms with Crippen molar-refractivity contribution in [2.75, 3.05) is 12.8 Å². The van der Waals surface area contributed by atoms with E-state index in [1.54, 1.807) is 11.8 Å². The Balaban J connectivity index is 1.80. The molecule has 0 radical (unpaired) electrons. The Morgan fingerprint density at radius 2 is 1.75 bits per heavy atom. The molecule has 1 heterocycles. The second-order valence-electron chi connectivity index (χ2n) is 6.19. The minimum Gasteiger partial charge on any atom is -0.256 e. The highest BCUT2D eigenvalue weighted by atomic mass is 32.2. The normalized spacial score (nSPS) is 16.4. The van der Waals surface area contributed by atoms with Gasteiger partial charge in [-0.05, 0) is 49.1 Å². The van der Waals surface area contributed by atoms with Crippen LogP contribution in [0, 0.1) is 20.8 Å². The molecule has 2 aromatic rings. The van der Waals surface area contributed by atoms with Crippen LogP contribution in [0.15, 0.2) is 52.6 Å². The summed E-state index contributed by atoms with van der Waals surface area (Å²) in [7, 11) is 1.98. The van der Waals surface area contributed by atoms with Crippen molar-refractivity contribution < 1.29 is 0 Å². The number of aliphatic imine (C=N–C) groups is 1. The Hall–Kier alpha value is -2.07. The lowest BCUT2D eigenvalue weighted by atomic mass is 9.98. The quantitative estimate of drug-likeness (QED) is 0.822. The maximum absolute atomic E-state index is 4.78. The highest BCUT2D eigenvalue weighted by molar-refractivity contribution is 8.14. The summed E-state index contributed by atoms with van der Waals surface area (Å²) in [6.45, 7) is 7.17. The number of rotatable bonds is 3. The minimum atomic E-state index is 0.695. The number of amidine groups is 1. The van der Waals surface area contributed by atoms with E-state index < -0.39 is 0 Å². The molecule has 24 heavy (non-hydrogen) atoms. The molecule has 2 aromatic carbocycles. The molecule has 1 aliphatic rings. The molecule has 0 spiro atoms. The maximum atomic E-state index is 4.78.